The van der Waals surface area contributed by atoms with Crippen LogP contribution in [-0.4, -0.2) is 29.8 Å². The Kier molecular flexibility index (Phi) is 6.35. The minimum Gasteiger partial charge on any atom is -0.355 e. The maximum atomic E-state index is 13.5. The van der Waals surface area contributed by atoms with Crippen LogP contribution >= 0.6 is 22.7 Å². The maximum Gasteiger partial charge on any atom is 0.254 e. The number of hydrogen-bond donors (Lipinski definition) is 1. The van der Waals surface area contributed by atoms with Crippen molar-refractivity contribution in [3.8, 4) is 0 Å². The van der Waals surface area contributed by atoms with Crippen molar-refractivity contribution >= 4 is 34.5 Å². The van der Waals surface area contributed by atoms with E-state index < -0.39 is 5.92 Å². The molecule has 4 nitrogen and oxygen atoms in total. The first-order valence-electron chi connectivity index (χ1n) is 10.3. The highest BCUT2D eigenvalue weighted by molar-refractivity contribution is 7.10. The van der Waals surface area contributed by atoms with Gasteiger partial charge in [-0.15, -0.1) is 11.3 Å². The average molecular weight is 439 g/mol. The lowest BCUT2D eigenvalue weighted by atomic mass is 9.81. The minimum absolute atomic E-state index is 0.0139. The Hall–Kier alpha value is -2.44. The quantitative estimate of drug-likeness (QED) is 0.558. The fourth-order valence-electron chi connectivity index (χ4n) is 4.12. The maximum absolute atomic E-state index is 13.5. The zero-order valence-electron chi connectivity index (χ0n) is 17.2. The van der Waals surface area contributed by atoms with Gasteiger partial charge >= 0.3 is 0 Å². The van der Waals surface area contributed by atoms with E-state index in [1.165, 1.54) is 5.56 Å². The number of nitrogens with zero attached hydrogens (tertiary/aromatic N) is 1. The van der Waals surface area contributed by atoms with E-state index >= 15 is 0 Å². The summed E-state index contributed by atoms with van der Waals surface area (Å²) in [6, 6.07) is 13.4. The summed E-state index contributed by atoms with van der Waals surface area (Å²) in [5, 5.41) is 9.32. The van der Waals surface area contributed by atoms with Crippen LogP contribution in [0.4, 0.5) is 0 Å². The van der Waals surface area contributed by atoms with Crippen molar-refractivity contribution < 1.29 is 9.59 Å². The van der Waals surface area contributed by atoms with Crippen molar-refractivity contribution in [2.75, 3.05) is 13.1 Å². The average Bonchev–Trinajstić information content (AvgIpc) is 3.43. The zero-order valence-corrected chi connectivity index (χ0v) is 18.8. The monoisotopic (exact) mass is 438 g/mol. The van der Waals surface area contributed by atoms with Crippen LogP contribution in [0.2, 0.25) is 0 Å². The number of fused-ring (bicyclic) bond motifs is 1. The summed E-state index contributed by atoms with van der Waals surface area (Å²) in [4.78, 5) is 29.8. The van der Waals surface area contributed by atoms with Gasteiger partial charge in [-0.3, -0.25) is 9.59 Å². The number of hydrogen-bond acceptors (Lipinski definition) is 4. The van der Waals surface area contributed by atoms with Crippen LogP contribution in [0.5, 0.6) is 0 Å². The van der Waals surface area contributed by atoms with Gasteiger partial charge in [-0.25, -0.2) is 0 Å². The molecule has 2 aromatic heterocycles. The van der Waals surface area contributed by atoms with Gasteiger partial charge < -0.3 is 10.2 Å². The zero-order chi connectivity index (χ0) is 21.1. The molecule has 1 aromatic carbocycles. The number of nitrogens with one attached hydrogen (secondary N) is 1. The second-order valence-corrected chi connectivity index (χ2v) is 9.81. The Balaban J connectivity index is 1.69. The standard InChI is InChI=1S/C24H26N2O2S2/c1-16(2)14-26-22(20-8-5-12-30-20)21(18-6-3-4-7-19(18)24(26)28)23(27)25-11-9-17-10-13-29-15-17/h3-8,10,12-13,15-16,21-22H,9,11,14H2,1-2H3,(H,25,27)/t21-,22+/m0/s1. The Morgan fingerprint density at radius 2 is 1.97 bits per heavy atom. The van der Waals surface area contributed by atoms with Crippen molar-refractivity contribution in [2.24, 2.45) is 5.92 Å². The molecule has 0 saturated heterocycles. The fourth-order valence-corrected chi connectivity index (χ4v) is 5.70. The molecular formula is C24H26N2O2S2. The molecule has 0 radical (unpaired) electrons. The molecule has 1 aliphatic rings. The SMILES string of the molecule is CC(C)CN1C(=O)c2ccccc2[C@H](C(=O)NCCc2ccsc2)[C@H]1c1cccs1. The Bertz CT molecular complexity index is 996. The van der Waals surface area contributed by atoms with E-state index in [1.807, 2.05) is 46.7 Å². The van der Waals surface area contributed by atoms with Gasteiger partial charge in [0.2, 0.25) is 5.91 Å². The smallest absolute Gasteiger partial charge is 0.254 e. The highest BCUT2D eigenvalue weighted by Crippen LogP contribution is 2.44. The predicted molar refractivity (Wildman–Crippen MR) is 123 cm³/mol. The van der Waals surface area contributed by atoms with Crippen molar-refractivity contribution in [3.63, 3.8) is 0 Å². The number of carbonyl (C=O) groups excluding carboxylic acids is 2. The normalized spacial score (nSPS) is 18.5. The molecule has 6 heteroatoms. The van der Waals surface area contributed by atoms with E-state index in [2.05, 4.69) is 36.0 Å². The minimum atomic E-state index is -0.418. The van der Waals surface area contributed by atoms with Gasteiger partial charge in [0.1, 0.15) is 0 Å². The Morgan fingerprint density at radius 3 is 2.67 bits per heavy atom. The van der Waals surface area contributed by atoms with Crippen LogP contribution in [0.15, 0.2) is 58.6 Å². The molecular weight excluding hydrogens is 412 g/mol. The molecule has 0 bridgehead atoms. The fraction of sp³-hybridized carbons (Fsp3) is 0.333. The lowest BCUT2D eigenvalue weighted by molar-refractivity contribution is -0.124. The summed E-state index contributed by atoms with van der Waals surface area (Å²) >= 11 is 3.27. The first-order valence-corrected chi connectivity index (χ1v) is 12.1. The summed E-state index contributed by atoms with van der Waals surface area (Å²) in [5.74, 6) is -0.111. The van der Waals surface area contributed by atoms with Gasteiger partial charge in [0.25, 0.3) is 5.91 Å². The number of thiophene rings is 2. The summed E-state index contributed by atoms with van der Waals surface area (Å²) in [7, 11) is 0. The molecule has 30 heavy (non-hydrogen) atoms. The molecule has 0 fully saturated rings. The summed E-state index contributed by atoms with van der Waals surface area (Å²) in [5.41, 5.74) is 2.70. The van der Waals surface area contributed by atoms with Gasteiger partial charge in [-0.05, 0) is 57.8 Å². The predicted octanol–water partition coefficient (Wildman–Crippen LogP) is 5.11. The van der Waals surface area contributed by atoms with Gasteiger partial charge in [0.05, 0.1) is 12.0 Å². The second kappa shape index (κ2) is 9.14. The van der Waals surface area contributed by atoms with Gasteiger partial charge in [0, 0.05) is 23.5 Å². The van der Waals surface area contributed by atoms with Crippen molar-refractivity contribution in [1.82, 2.24) is 10.2 Å². The molecule has 3 heterocycles. The third-order valence-electron chi connectivity index (χ3n) is 5.41. The molecule has 156 valence electrons. The molecule has 3 aromatic rings. The van der Waals surface area contributed by atoms with Gasteiger partial charge in [-0.1, -0.05) is 38.1 Å². The molecule has 0 spiro atoms. The van der Waals surface area contributed by atoms with Crippen LogP contribution in [0, 0.1) is 5.92 Å². The van der Waals surface area contributed by atoms with Crippen molar-refractivity contribution in [3.05, 3.63) is 80.2 Å². The molecule has 0 saturated carbocycles. The molecule has 1 aliphatic heterocycles. The molecule has 1 N–H and O–H groups in total. The third kappa shape index (κ3) is 4.20. The van der Waals surface area contributed by atoms with E-state index in [-0.39, 0.29) is 17.9 Å². The van der Waals surface area contributed by atoms with Crippen LogP contribution in [0.3, 0.4) is 0 Å². The third-order valence-corrected chi connectivity index (χ3v) is 7.09. The highest BCUT2D eigenvalue weighted by atomic mass is 32.1. The molecule has 2 atom stereocenters. The van der Waals surface area contributed by atoms with E-state index in [0.29, 0.717) is 24.6 Å². The van der Waals surface area contributed by atoms with E-state index in [9.17, 15) is 9.59 Å². The van der Waals surface area contributed by atoms with Crippen LogP contribution < -0.4 is 5.32 Å². The lowest BCUT2D eigenvalue weighted by Gasteiger charge is -2.42. The number of amides is 2. The summed E-state index contributed by atoms with van der Waals surface area (Å²) in [6.07, 6.45) is 0.807. The van der Waals surface area contributed by atoms with Gasteiger partial charge in [0.15, 0.2) is 0 Å². The summed E-state index contributed by atoms with van der Waals surface area (Å²) < 4.78 is 0. The second-order valence-electron chi connectivity index (χ2n) is 8.05. The van der Waals surface area contributed by atoms with Crippen LogP contribution in [0.25, 0.3) is 0 Å². The van der Waals surface area contributed by atoms with Crippen LogP contribution in [-0.2, 0) is 11.2 Å². The van der Waals surface area contributed by atoms with E-state index in [4.69, 9.17) is 0 Å². The van der Waals surface area contributed by atoms with Gasteiger partial charge in [-0.2, -0.15) is 11.3 Å². The molecule has 0 unspecified atom stereocenters. The topological polar surface area (TPSA) is 49.4 Å². The highest BCUT2D eigenvalue weighted by Gasteiger charge is 2.44. The van der Waals surface area contributed by atoms with Crippen molar-refractivity contribution in [2.45, 2.75) is 32.2 Å². The molecule has 4 rings (SSSR count). The Morgan fingerprint density at radius 1 is 1.13 bits per heavy atom. The largest absolute Gasteiger partial charge is 0.355 e. The molecule has 0 aliphatic carbocycles. The molecule has 2 amide bonds. The van der Waals surface area contributed by atoms with E-state index in [1.54, 1.807) is 22.7 Å². The first-order chi connectivity index (χ1) is 14.6. The number of carbonyl (C=O) groups is 2. The van der Waals surface area contributed by atoms with Crippen LogP contribution in [0.1, 0.15) is 52.2 Å². The Labute approximate surface area is 185 Å². The number of benzene rings is 1. The number of rotatable bonds is 7. The van der Waals surface area contributed by atoms with Crippen molar-refractivity contribution in [1.29, 1.82) is 0 Å². The first kappa shape index (κ1) is 20.8. The summed E-state index contributed by atoms with van der Waals surface area (Å²) in [6.45, 7) is 5.42. The lowest BCUT2D eigenvalue weighted by Crippen LogP contribution is -2.48. The van der Waals surface area contributed by atoms with E-state index in [0.717, 1.165) is 16.9 Å².